The molecule has 0 fully saturated rings. The normalized spacial score (nSPS) is 11.2. The molecule has 0 aromatic carbocycles. The Bertz CT molecular complexity index is 818. The van der Waals surface area contributed by atoms with Crippen LogP contribution in [0.25, 0.3) is 0 Å². The summed E-state index contributed by atoms with van der Waals surface area (Å²) < 4.78 is 42.7. The third-order valence-electron chi connectivity index (χ3n) is 2.53. The molecule has 0 unspecified atom stereocenters. The lowest BCUT2D eigenvalue weighted by atomic mass is 10.3. The fourth-order valence-corrected chi connectivity index (χ4v) is 3.09. The van der Waals surface area contributed by atoms with Crippen LogP contribution in [0.4, 0.5) is 24.1 Å². The minimum atomic E-state index is -4.61. The zero-order chi connectivity index (χ0) is 19.3. The number of aromatic nitrogens is 3. The number of hydrogen-bond donors (Lipinski definition) is 2. The second-order valence-corrected chi connectivity index (χ2v) is 7.09. The fourth-order valence-electron chi connectivity index (χ4n) is 1.44. The average Bonchev–Trinajstić information content (AvgIpc) is 2.97. The number of nitrogens with two attached hydrogens (primary N) is 1. The van der Waals surface area contributed by atoms with Crippen LogP contribution in [0.5, 0.6) is 0 Å². The Labute approximate surface area is 157 Å². The number of rotatable bonds is 6. The lowest BCUT2D eigenvalue weighted by Crippen LogP contribution is -2.22. The summed E-state index contributed by atoms with van der Waals surface area (Å²) in [6.07, 6.45) is -4.08. The monoisotopic (exact) mass is 427 g/mol. The number of carbonyl (C=O) groups is 2. The Morgan fingerprint density at radius 2 is 2.12 bits per heavy atom. The van der Waals surface area contributed by atoms with Gasteiger partial charge in [-0.1, -0.05) is 34.7 Å². The van der Waals surface area contributed by atoms with Gasteiger partial charge in [-0.3, -0.25) is 9.59 Å². The van der Waals surface area contributed by atoms with Gasteiger partial charge in [-0.15, -0.1) is 10.2 Å². The molecule has 0 atom stereocenters. The summed E-state index contributed by atoms with van der Waals surface area (Å²) in [4.78, 5) is 26.6. The molecule has 14 heteroatoms. The number of pyridine rings is 1. The zero-order valence-corrected chi connectivity index (χ0v) is 14.9. The third kappa shape index (κ3) is 6.00. The molecule has 2 aromatic heterocycles. The van der Waals surface area contributed by atoms with Crippen LogP contribution in [0.2, 0.25) is 5.02 Å². The van der Waals surface area contributed by atoms with E-state index in [0.717, 1.165) is 23.1 Å². The number of carbonyl (C=O) groups excluding carboxylic acids is 2. The smallest absolute Gasteiger partial charge is 0.417 e. The highest BCUT2D eigenvalue weighted by atomic mass is 35.5. The lowest BCUT2D eigenvalue weighted by Gasteiger charge is -2.10. The van der Waals surface area contributed by atoms with Gasteiger partial charge in [0.05, 0.1) is 16.3 Å². The highest BCUT2D eigenvalue weighted by Crippen LogP contribution is 2.32. The molecule has 0 aliphatic rings. The van der Waals surface area contributed by atoms with Crippen LogP contribution in [0.3, 0.4) is 0 Å². The summed E-state index contributed by atoms with van der Waals surface area (Å²) in [6.45, 7) is -0.656. The first-order valence-corrected chi connectivity index (χ1v) is 8.73. The van der Waals surface area contributed by atoms with Gasteiger partial charge < -0.3 is 15.8 Å². The summed E-state index contributed by atoms with van der Waals surface area (Å²) in [7, 11) is 0. The Hall–Kier alpha value is -2.12. The molecule has 0 aliphatic carbocycles. The molecular weight excluding hydrogens is 419 g/mol. The van der Waals surface area contributed by atoms with E-state index >= 15 is 0 Å². The number of halogens is 4. The Morgan fingerprint density at radius 3 is 2.69 bits per heavy atom. The number of esters is 1. The molecule has 0 radical (unpaired) electrons. The van der Waals surface area contributed by atoms with E-state index in [9.17, 15) is 22.8 Å². The first-order valence-electron chi connectivity index (χ1n) is 6.55. The maximum Gasteiger partial charge on any atom is 0.417 e. The van der Waals surface area contributed by atoms with Crippen LogP contribution in [-0.2, 0) is 20.5 Å². The molecule has 0 bridgehead atoms. The molecule has 2 heterocycles. The van der Waals surface area contributed by atoms with Gasteiger partial charge in [-0.05, 0) is 6.07 Å². The molecule has 0 spiro atoms. The number of nitrogens with zero attached hydrogens (tertiary/aromatic N) is 3. The van der Waals surface area contributed by atoms with Crippen molar-refractivity contribution >= 4 is 57.5 Å². The highest BCUT2D eigenvalue weighted by molar-refractivity contribution is 8.01. The predicted octanol–water partition coefficient (Wildman–Crippen LogP) is 2.46. The highest BCUT2D eigenvalue weighted by Gasteiger charge is 2.31. The van der Waals surface area contributed by atoms with E-state index in [1.54, 1.807) is 0 Å². The number of ether oxygens (including phenoxy) is 1. The van der Waals surface area contributed by atoms with Crippen LogP contribution < -0.4 is 11.1 Å². The molecule has 140 valence electrons. The second kappa shape index (κ2) is 8.51. The lowest BCUT2D eigenvalue weighted by molar-refractivity contribution is -0.144. The van der Waals surface area contributed by atoms with Gasteiger partial charge in [0, 0.05) is 6.20 Å². The maximum absolute atomic E-state index is 12.5. The third-order valence-corrected chi connectivity index (χ3v) is 4.67. The van der Waals surface area contributed by atoms with Crippen molar-refractivity contribution in [2.45, 2.75) is 10.5 Å². The Morgan fingerprint density at radius 1 is 1.38 bits per heavy atom. The van der Waals surface area contributed by atoms with Crippen LogP contribution in [0.1, 0.15) is 5.56 Å². The number of nitrogens with one attached hydrogen (secondary N) is 1. The predicted molar refractivity (Wildman–Crippen MR) is 88.9 cm³/mol. The summed E-state index contributed by atoms with van der Waals surface area (Å²) in [5, 5.41) is 9.26. The van der Waals surface area contributed by atoms with E-state index < -0.39 is 35.2 Å². The zero-order valence-electron chi connectivity index (χ0n) is 12.5. The Balaban J connectivity index is 1.80. The molecule has 0 aliphatic heterocycles. The van der Waals surface area contributed by atoms with Crippen molar-refractivity contribution in [3.05, 3.63) is 22.8 Å². The molecule has 2 rings (SSSR count). The first-order chi connectivity index (χ1) is 12.1. The molecular formula is C12H9ClF3N5O3S2. The van der Waals surface area contributed by atoms with E-state index in [4.69, 9.17) is 22.1 Å². The topological polar surface area (TPSA) is 120 Å². The Kier molecular flexibility index (Phi) is 6.61. The standard InChI is InChI=1S/C12H9ClF3N5O3S2/c13-6-1-5(12(14,15)16)2-18-9(6)19-7(22)3-24-8(23)4-25-11-21-20-10(17)26-11/h1-2H,3-4H2,(H2,17,20)(H,18,19,22). The molecule has 0 saturated carbocycles. The summed E-state index contributed by atoms with van der Waals surface area (Å²) in [5.74, 6) is -1.91. The maximum atomic E-state index is 12.5. The number of alkyl halides is 3. The molecule has 0 saturated heterocycles. The summed E-state index contributed by atoms with van der Waals surface area (Å²) in [5.41, 5.74) is 4.33. The largest absolute Gasteiger partial charge is 0.455 e. The van der Waals surface area contributed by atoms with Crippen LogP contribution >= 0.6 is 34.7 Å². The molecule has 1 amide bonds. The SMILES string of the molecule is Nc1nnc(SCC(=O)OCC(=O)Nc2ncc(C(F)(F)F)cc2Cl)s1. The number of amides is 1. The number of thioether (sulfide) groups is 1. The number of anilines is 2. The van der Waals surface area contributed by atoms with Crippen molar-refractivity contribution in [3.63, 3.8) is 0 Å². The van der Waals surface area contributed by atoms with Gasteiger partial charge in [0.1, 0.15) is 0 Å². The summed E-state index contributed by atoms with van der Waals surface area (Å²) >= 11 is 7.77. The van der Waals surface area contributed by atoms with Crippen molar-refractivity contribution in [3.8, 4) is 0 Å². The van der Waals surface area contributed by atoms with Crippen molar-refractivity contribution in [1.82, 2.24) is 15.2 Å². The second-order valence-electron chi connectivity index (χ2n) is 4.46. The quantitative estimate of drug-likeness (QED) is 0.532. The van der Waals surface area contributed by atoms with Gasteiger partial charge >= 0.3 is 12.1 Å². The van der Waals surface area contributed by atoms with Gasteiger partial charge in [-0.25, -0.2) is 4.98 Å². The number of hydrogen-bond acceptors (Lipinski definition) is 9. The summed E-state index contributed by atoms with van der Waals surface area (Å²) in [6, 6.07) is 0.626. The van der Waals surface area contributed by atoms with Gasteiger partial charge in [0.2, 0.25) is 5.13 Å². The molecule has 3 N–H and O–H groups in total. The number of nitrogen functional groups attached to an aromatic ring is 1. The van der Waals surface area contributed by atoms with E-state index in [-0.39, 0.29) is 16.7 Å². The van der Waals surface area contributed by atoms with Gasteiger partial charge in [0.25, 0.3) is 5.91 Å². The van der Waals surface area contributed by atoms with Crippen molar-refractivity contribution in [2.75, 3.05) is 23.4 Å². The van der Waals surface area contributed by atoms with E-state index in [1.807, 2.05) is 0 Å². The minimum absolute atomic E-state index is 0.124. The fraction of sp³-hybridized carbons (Fsp3) is 0.250. The van der Waals surface area contributed by atoms with Crippen molar-refractivity contribution < 1.29 is 27.5 Å². The van der Waals surface area contributed by atoms with E-state index in [2.05, 4.69) is 20.5 Å². The molecule has 26 heavy (non-hydrogen) atoms. The van der Waals surface area contributed by atoms with Crippen LogP contribution in [-0.4, -0.2) is 39.4 Å². The first kappa shape index (κ1) is 20.2. The van der Waals surface area contributed by atoms with Gasteiger partial charge in [-0.2, -0.15) is 13.2 Å². The molecule has 8 nitrogen and oxygen atoms in total. The van der Waals surface area contributed by atoms with Crippen molar-refractivity contribution in [1.29, 1.82) is 0 Å². The average molecular weight is 428 g/mol. The minimum Gasteiger partial charge on any atom is -0.455 e. The van der Waals surface area contributed by atoms with E-state index in [1.165, 1.54) is 0 Å². The van der Waals surface area contributed by atoms with Crippen LogP contribution in [0, 0.1) is 0 Å². The van der Waals surface area contributed by atoms with E-state index in [0.29, 0.717) is 16.6 Å². The van der Waals surface area contributed by atoms with Crippen LogP contribution in [0.15, 0.2) is 16.6 Å². The molecule has 2 aromatic rings. The van der Waals surface area contributed by atoms with Gasteiger partial charge in [0.15, 0.2) is 16.8 Å². The van der Waals surface area contributed by atoms with Crippen molar-refractivity contribution in [2.24, 2.45) is 0 Å².